The molecule has 4 nitrogen and oxygen atoms in total. The number of aliphatic hydroxyl groups excluding tert-OH is 1. The minimum atomic E-state index is -0.734. The summed E-state index contributed by atoms with van der Waals surface area (Å²) in [6.45, 7) is -0.354. The Morgan fingerprint density at radius 3 is 2.93 bits per heavy atom. The second-order valence-corrected chi connectivity index (χ2v) is 2.64. The number of rotatable bonds is 1. The second kappa shape index (κ2) is 4.98. The van der Waals surface area contributed by atoms with E-state index in [2.05, 4.69) is 17.2 Å². The van der Waals surface area contributed by atoms with Crippen LogP contribution in [0, 0.1) is 17.7 Å². The average Bonchev–Trinajstić information content (AvgIpc) is 2.18. The van der Waals surface area contributed by atoms with Crippen molar-refractivity contribution in [1.29, 1.82) is 0 Å². The Balaban J connectivity index is 2.99. The van der Waals surface area contributed by atoms with Gasteiger partial charge in [-0.3, -0.25) is 0 Å². The summed E-state index contributed by atoms with van der Waals surface area (Å²) in [6, 6.07) is 3.13. The summed E-state index contributed by atoms with van der Waals surface area (Å²) in [5, 5.41) is 10.7. The van der Waals surface area contributed by atoms with Gasteiger partial charge in [0.15, 0.2) is 0 Å². The third-order valence-corrected chi connectivity index (χ3v) is 1.54. The summed E-state index contributed by atoms with van der Waals surface area (Å²) in [5.41, 5.74) is 5.34. The Kier molecular flexibility index (Phi) is 3.66. The van der Waals surface area contributed by atoms with E-state index in [1.807, 2.05) is 0 Å². The number of urea groups is 1. The fourth-order valence-corrected chi connectivity index (χ4v) is 0.976. The number of aliphatic hydroxyl groups is 1. The highest BCUT2D eigenvalue weighted by atomic mass is 19.1. The molecule has 0 radical (unpaired) electrons. The van der Waals surface area contributed by atoms with Gasteiger partial charge in [0.1, 0.15) is 12.4 Å². The molecule has 0 saturated heterocycles. The third-order valence-electron chi connectivity index (χ3n) is 1.54. The fraction of sp³-hybridized carbons (Fsp3) is 0.100. The number of halogens is 1. The first-order valence-corrected chi connectivity index (χ1v) is 4.09. The van der Waals surface area contributed by atoms with Crippen LogP contribution in [0.3, 0.4) is 0 Å². The highest BCUT2D eigenvalue weighted by Crippen LogP contribution is 2.13. The summed E-state index contributed by atoms with van der Waals surface area (Å²) >= 11 is 0. The van der Waals surface area contributed by atoms with Gasteiger partial charge in [-0.25, -0.2) is 9.18 Å². The number of anilines is 1. The summed E-state index contributed by atoms with van der Waals surface area (Å²) in [6.07, 6.45) is 0. The van der Waals surface area contributed by atoms with Gasteiger partial charge in [-0.1, -0.05) is 11.8 Å². The van der Waals surface area contributed by atoms with E-state index in [4.69, 9.17) is 10.8 Å². The molecular formula is C10H9FN2O2. The topological polar surface area (TPSA) is 75.4 Å². The minimum absolute atomic E-state index is 0.0929. The fourth-order valence-electron chi connectivity index (χ4n) is 0.976. The number of carbonyl (C=O) groups excluding carboxylic acids is 1. The van der Waals surface area contributed by atoms with Gasteiger partial charge in [-0.2, -0.15) is 0 Å². The molecule has 1 aromatic rings. The van der Waals surface area contributed by atoms with Crippen molar-refractivity contribution < 1.29 is 14.3 Å². The van der Waals surface area contributed by atoms with Crippen LogP contribution >= 0.6 is 0 Å². The number of nitrogens with two attached hydrogens (primary N) is 1. The van der Waals surface area contributed by atoms with Gasteiger partial charge < -0.3 is 16.2 Å². The maximum atomic E-state index is 13.1. The molecule has 0 bridgehead atoms. The van der Waals surface area contributed by atoms with Gasteiger partial charge in [-0.15, -0.1) is 0 Å². The Bertz CT molecular complexity index is 435. The van der Waals surface area contributed by atoms with E-state index in [0.29, 0.717) is 5.69 Å². The number of primary amides is 1. The first kappa shape index (κ1) is 11.0. The van der Waals surface area contributed by atoms with Gasteiger partial charge in [-0.05, 0) is 18.2 Å². The van der Waals surface area contributed by atoms with Crippen molar-refractivity contribution in [1.82, 2.24) is 0 Å². The Morgan fingerprint density at radius 2 is 2.33 bits per heavy atom. The average molecular weight is 208 g/mol. The van der Waals surface area contributed by atoms with Gasteiger partial charge in [0, 0.05) is 5.69 Å². The number of hydrogen-bond acceptors (Lipinski definition) is 2. The lowest BCUT2D eigenvalue weighted by molar-refractivity contribution is 0.259. The molecule has 0 unspecified atom stereocenters. The lowest BCUT2D eigenvalue weighted by Gasteiger charge is -2.02. The molecule has 0 spiro atoms. The number of amides is 2. The lowest BCUT2D eigenvalue weighted by Crippen LogP contribution is -2.19. The lowest BCUT2D eigenvalue weighted by atomic mass is 10.2. The molecule has 15 heavy (non-hydrogen) atoms. The first-order valence-electron chi connectivity index (χ1n) is 4.09. The molecule has 0 heterocycles. The highest BCUT2D eigenvalue weighted by Gasteiger charge is 2.02. The van der Waals surface area contributed by atoms with Crippen LogP contribution in [0.2, 0.25) is 0 Å². The van der Waals surface area contributed by atoms with E-state index in [9.17, 15) is 9.18 Å². The SMILES string of the molecule is NC(=O)Nc1ccc(F)c(C#CCO)c1. The molecule has 0 aliphatic carbocycles. The Labute approximate surface area is 85.9 Å². The number of benzene rings is 1. The smallest absolute Gasteiger partial charge is 0.316 e. The van der Waals surface area contributed by atoms with Gasteiger partial charge in [0.05, 0.1) is 5.56 Å². The normalized spacial score (nSPS) is 8.93. The van der Waals surface area contributed by atoms with Crippen LogP contribution in [0.1, 0.15) is 5.56 Å². The van der Waals surface area contributed by atoms with Crippen molar-refractivity contribution in [3.8, 4) is 11.8 Å². The monoisotopic (exact) mass is 208 g/mol. The quantitative estimate of drug-likeness (QED) is 0.593. The van der Waals surface area contributed by atoms with E-state index < -0.39 is 11.8 Å². The molecule has 1 rings (SSSR count). The zero-order valence-corrected chi connectivity index (χ0v) is 7.75. The number of hydrogen-bond donors (Lipinski definition) is 3. The Morgan fingerprint density at radius 1 is 1.60 bits per heavy atom. The van der Waals surface area contributed by atoms with Crippen molar-refractivity contribution in [2.24, 2.45) is 5.73 Å². The molecule has 4 N–H and O–H groups in total. The number of carbonyl (C=O) groups is 1. The largest absolute Gasteiger partial charge is 0.384 e. The van der Waals surface area contributed by atoms with Crippen LogP contribution < -0.4 is 11.1 Å². The maximum absolute atomic E-state index is 13.1. The van der Waals surface area contributed by atoms with Crippen LogP contribution in [0.25, 0.3) is 0 Å². The highest BCUT2D eigenvalue weighted by molar-refractivity contribution is 5.87. The molecule has 1 aromatic carbocycles. The molecule has 2 amide bonds. The molecule has 0 aliphatic rings. The van der Waals surface area contributed by atoms with Crippen molar-refractivity contribution >= 4 is 11.7 Å². The zero-order valence-electron chi connectivity index (χ0n) is 7.75. The summed E-state index contributed by atoms with van der Waals surface area (Å²) in [4.78, 5) is 10.5. The molecular weight excluding hydrogens is 199 g/mol. The van der Waals surface area contributed by atoms with Gasteiger partial charge >= 0.3 is 6.03 Å². The summed E-state index contributed by atoms with van der Waals surface area (Å²) in [7, 11) is 0. The van der Waals surface area contributed by atoms with Gasteiger partial charge in [0.25, 0.3) is 0 Å². The molecule has 78 valence electrons. The van der Waals surface area contributed by atoms with E-state index >= 15 is 0 Å². The molecule has 5 heteroatoms. The summed E-state index contributed by atoms with van der Waals surface area (Å²) in [5.74, 6) is 4.19. The minimum Gasteiger partial charge on any atom is -0.384 e. The Hall–Kier alpha value is -2.06. The van der Waals surface area contributed by atoms with E-state index in [1.165, 1.54) is 12.1 Å². The van der Waals surface area contributed by atoms with Crippen molar-refractivity contribution in [3.63, 3.8) is 0 Å². The molecule has 0 aliphatic heterocycles. The van der Waals surface area contributed by atoms with Crippen LogP contribution in [0.4, 0.5) is 14.9 Å². The van der Waals surface area contributed by atoms with E-state index in [1.54, 1.807) is 0 Å². The van der Waals surface area contributed by atoms with Crippen molar-refractivity contribution in [2.45, 2.75) is 0 Å². The van der Waals surface area contributed by atoms with Crippen LogP contribution in [0.5, 0.6) is 0 Å². The predicted octanol–water partition coefficient (Wildman–Crippen LogP) is 0.660. The van der Waals surface area contributed by atoms with Gasteiger partial charge in [0.2, 0.25) is 0 Å². The second-order valence-electron chi connectivity index (χ2n) is 2.64. The van der Waals surface area contributed by atoms with E-state index in [-0.39, 0.29) is 12.2 Å². The molecule has 0 aromatic heterocycles. The summed E-state index contributed by atoms with van der Waals surface area (Å²) < 4.78 is 13.1. The van der Waals surface area contributed by atoms with Crippen molar-refractivity contribution in [2.75, 3.05) is 11.9 Å². The van der Waals surface area contributed by atoms with Crippen LogP contribution in [0.15, 0.2) is 18.2 Å². The van der Waals surface area contributed by atoms with E-state index in [0.717, 1.165) is 6.07 Å². The van der Waals surface area contributed by atoms with Crippen LogP contribution in [-0.4, -0.2) is 17.7 Å². The third kappa shape index (κ3) is 3.29. The standard InChI is InChI=1S/C10H9FN2O2/c11-9-4-3-8(13-10(12)15)6-7(9)2-1-5-14/h3-4,6,14H,5H2,(H3,12,13,15). The first-order chi connectivity index (χ1) is 7.13. The molecule has 0 atom stereocenters. The molecule has 0 saturated carbocycles. The zero-order chi connectivity index (χ0) is 11.3. The maximum Gasteiger partial charge on any atom is 0.316 e. The number of nitrogens with one attached hydrogen (secondary N) is 1. The molecule has 0 fully saturated rings. The van der Waals surface area contributed by atoms with Crippen molar-refractivity contribution in [3.05, 3.63) is 29.6 Å². The predicted molar refractivity (Wildman–Crippen MR) is 53.6 cm³/mol. The van der Waals surface area contributed by atoms with Crippen LogP contribution in [-0.2, 0) is 0 Å².